The van der Waals surface area contributed by atoms with Gasteiger partial charge in [0.2, 0.25) is 0 Å². The molecular formula is C16H21NO2. The molecule has 2 aliphatic rings. The summed E-state index contributed by atoms with van der Waals surface area (Å²) < 4.78 is 5.65. The maximum atomic E-state index is 10.7. The molecule has 2 aliphatic heterocycles. The third-order valence-electron chi connectivity index (χ3n) is 4.11. The van der Waals surface area contributed by atoms with E-state index in [4.69, 9.17) is 4.74 Å². The number of benzene rings is 1. The lowest BCUT2D eigenvalue weighted by Gasteiger charge is -2.40. The SMILES string of the molecule is OC1(C2=CCCCO2)CCN(c2ccccc2)CC1. The summed E-state index contributed by atoms with van der Waals surface area (Å²) in [6.07, 6.45) is 5.65. The highest BCUT2D eigenvalue weighted by Gasteiger charge is 2.37. The Morgan fingerprint density at radius 3 is 2.47 bits per heavy atom. The van der Waals surface area contributed by atoms with Crippen LogP contribution < -0.4 is 4.90 Å². The molecule has 0 amide bonds. The molecule has 0 bridgehead atoms. The van der Waals surface area contributed by atoms with Gasteiger partial charge in [0, 0.05) is 31.6 Å². The van der Waals surface area contributed by atoms with E-state index in [0.29, 0.717) is 0 Å². The summed E-state index contributed by atoms with van der Waals surface area (Å²) in [4.78, 5) is 2.33. The van der Waals surface area contributed by atoms with Crippen molar-refractivity contribution in [3.05, 3.63) is 42.2 Å². The average Bonchev–Trinajstić information content (AvgIpc) is 2.50. The van der Waals surface area contributed by atoms with Crippen molar-refractivity contribution in [3.8, 4) is 0 Å². The molecule has 0 spiro atoms. The first-order valence-corrected chi connectivity index (χ1v) is 7.14. The Bertz CT molecular complexity index is 447. The monoisotopic (exact) mass is 259 g/mol. The van der Waals surface area contributed by atoms with Gasteiger partial charge in [0.25, 0.3) is 0 Å². The second-order valence-corrected chi connectivity index (χ2v) is 5.41. The van der Waals surface area contributed by atoms with E-state index < -0.39 is 5.60 Å². The van der Waals surface area contributed by atoms with Gasteiger partial charge < -0.3 is 14.7 Å². The number of nitrogens with zero attached hydrogens (tertiary/aromatic N) is 1. The van der Waals surface area contributed by atoms with E-state index in [1.54, 1.807) is 0 Å². The van der Waals surface area contributed by atoms with E-state index in [1.807, 2.05) is 6.07 Å². The van der Waals surface area contributed by atoms with Gasteiger partial charge in [-0.25, -0.2) is 0 Å². The van der Waals surface area contributed by atoms with Crippen molar-refractivity contribution in [2.75, 3.05) is 24.6 Å². The molecule has 3 nitrogen and oxygen atoms in total. The second kappa shape index (κ2) is 5.25. The molecule has 102 valence electrons. The van der Waals surface area contributed by atoms with Crippen LogP contribution in [-0.4, -0.2) is 30.4 Å². The lowest BCUT2D eigenvalue weighted by atomic mass is 9.88. The normalized spacial score (nSPS) is 22.6. The predicted octanol–water partition coefficient (Wildman–Crippen LogP) is 2.71. The Balaban J connectivity index is 1.67. The minimum Gasteiger partial charge on any atom is -0.495 e. The molecule has 3 rings (SSSR count). The molecule has 1 fully saturated rings. The molecule has 1 saturated heterocycles. The van der Waals surface area contributed by atoms with Crippen LogP contribution in [0.25, 0.3) is 0 Å². The van der Waals surface area contributed by atoms with Gasteiger partial charge in [0.15, 0.2) is 0 Å². The molecule has 0 unspecified atom stereocenters. The summed E-state index contributed by atoms with van der Waals surface area (Å²) in [6, 6.07) is 10.4. The lowest BCUT2D eigenvalue weighted by molar-refractivity contribution is -0.0130. The molecular weight excluding hydrogens is 238 g/mol. The molecule has 1 N–H and O–H groups in total. The fourth-order valence-corrected chi connectivity index (χ4v) is 2.90. The van der Waals surface area contributed by atoms with Gasteiger partial charge in [-0.05, 0) is 31.1 Å². The fourth-order valence-electron chi connectivity index (χ4n) is 2.90. The average molecular weight is 259 g/mol. The van der Waals surface area contributed by atoms with Gasteiger partial charge in [0.05, 0.1) is 6.61 Å². The highest BCUT2D eigenvalue weighted by Crippen LogP contribution is 2.34. The highest BCUT2D eigenvalue weighted by atomic mass is 16.5. The predicted molar refractivity (Wildman–Crippen MR) is 76.1 cm³/mol. The minimum atomic E-state index is -0.744. The first kappa shape index (κ1) is 12.5. The van der Waals surface area contributed by atoms with Crippen molar-refractivity contribution in [1.82, 2.24) is 0 Å². The molecule has 0 saturated carbocycles. The van der Waals surface area contributed by atoms with Gasteiger partial charge in [-0.2, -0.15) is 0 Å². The molecule has 0 aromatic heterocycles. The minimum absolute atomic E-state index is 0.744. The van der Waals surface area contributed by atoms with E-state index in [2.05, 4.69) is 35.2 Å². The van der Waals surface area contributed by atoms with Crippen LogP contribution in [-0.2, 0) is 4.74 Å². The Hall–Kier alpha value is -1.48. The Morgan fingerprint density at radius 2 is 1.84 bits per heavy atom. The lowest BCUT2D eigenvalue weighted by Crippen LogP contribution is -2.46. The maximum Gasteiger partial charge on any atom is 0.124 e. The molecule has 0 radical (unpaired) electrons. The molecule has 2 heterocycles. The number of ether oxygens (including phenoxy) is 1. The van der Waals surface area contributed by atoms with Gasteiger partial charge in [-0.15, -0.1) is 0 Å². The number of rotatable bonds is 2. The van der Waals surface area contributed by atoms with Crippen molar-refractivity contribution in [1.29, 1.82) is 0 Å². The van der Waals surface area contributed by atoms with Crippen LogP contribution in [0.15, 0.2) is 42.2 Å². The summed E-state index contributed by atoms with van der Waals surface area (Å²) in [5.74, 6) is 0.812. The number of para-hydroxylation sites is 1. The molecule has 1 aromatic carbocycles. The quantitative estimate of drug-likeness (QED) is 0.886. The number of anilines is 1. The van der Waals surface area contributed by atoms with E-state index in [-0.39, 0.29) is 0 Å². The topological polar surface area (TPSA) is 32.7 Å². The molecule has 0 atom stereocenters. The largest absolute Gasteiger partial charge is 0.495 e. The van der Waals surface area contributed by atoms with Gasteiger partial charge in [-0.1, -0.05) is 18.2 Å². The van der Waals surface area contributed by atoms with Crippen LogP contribution in [0.4, 0.5) is 5.69 Å². The van der Waals surface area contributed by atoms with Crippen LogP contribution in [0.2, 0.25) is 0 Å². The van der Waals surface area contributed by atoms with E-state index in [0.717, 1.165) is 51.1 Å². The number of allylic oxidation sites excluding steroid dienone is 1. The zero-order chi connectivity index (χ0) is 13.1. The first-order chi connectivity index (χ1) is 9.28. The molecule has 19 heavy (non-hydrogen) atoms. The number of hydrogen-bond acceptors (Lipinski definition) is 3. The second-order valence-electron chi connectivity index (χ2n) is 5.41. The van der Waals surface area contributed by atoms with Crippen LogP contribution in [0, 0.1) is 0 Å². The maximum absolute atomic E-state index is 10.7. The number of hydrogen-bond donors (Lipinski definition) is 1. The van der Waals surface area contributed by atoms with Crippen LogP contribution in [0.1, 0.15) is 25.7 Å². The third-order valence-corrected chi connectivity index (χ3v) is 4.11. The standard InChI is InChI=1S/C16H21NO2/c18-16(15-8-4-5-13-19-15)9-11-17(12-10-16)14-6-2-1-3-7-14/h1-3,6-8,18H,4-5,9-13H2. The number of piperidine rings is 1. The van der Waals surface area contributed by atoms with E-state index in [1.165, 1.54) is 5.69 Å². The van der Waals surface area contributed by atoms with E-state index in [9.17, 15) is 5.11 Å². The fraction of sp³-hybridized carbons (Fsp3) is 0.500. The van der Waals surface area contributed by atoms with Crippen LogP contribution in [0.5, 0.6) is 0 Å². The Kier molecular flexibility index (Phi) is 3.47. The van der Waals surface area contributed by atoms with Gasteiger partial charge in [0.1, 0.15) is 11.4 Å². The van der Waals surface area contributed by atoms with Gasteiger partial charge in [-0.3, -0.25) is 0 Å². The zero-order valence-electron chi connectivity index (χ0n) is 11.2. The Morgan fingerprint density at radius 1 is 1.11 bits per heavy atom. The third kappa shape index (κ3) is 2.61. The molecule has 0 aliphatic carbocycles. The smallest absolute Gasteiger partial charge is 0.124 e. The van der Waals surface area contributed by atoms with Gasteiger partial charge >= 0.3 is 0 Å². The summed E-state index contributed by atoms with van der Waals surface area (Å²) in [5.41, 5.74) is 0.495. The van der Waals surface area contributed by atoms with Crippen molar-refractivity contribution in [2.45, 2.75) is 31.3 Å². The summed E-state index contributed by atoms with van der Waals surface area (Å²) in [7, 11) is 0. The highest BCUT2D eigenvalue weighted by molar-refractivity contribution is 5.46. The zero-order valence-corrected chi connectivity index (χ0v) is 11.2. The summed E-state index contributed by atoms with van der Waals surface area (Å²) >= 11 is 0. The first-order valence-electron chi connectivity index (χ1n) is 7.14. The van der Waals surface area contributed by atoms with Crippen LogP contribution >= 0.6 is 0 Å². The summed E-state index contributed by atoms with van der Waals surface area (Å²) in [6.45, 7) is 2.50. The Labute approximate surface area is 114 Å². The van der Waals surface area contributed by atoms with Crippen molar-refractivity contribution >= 4 is 5.69 Å². The van der Waals surface area contributed by atoms with Crippen LogP contribution in [0.3, 0.4) is 0 Å². The molecule has 3 heteroatoms. The number of aliphatic hydroxyl groups is 1. The van der Waals surface area contributed by atoms with Crippen molar-refractivity contribution in [2.24, 2.45) is 0 Å². The van der Waals surface area contributed by atoms with Crippen molar-refractivity contribution in [3.63, 3.8) is 0 Å². The van der Waals surface area contributed by atoms with Crippen molar-refractivity contribution < 1.29 is 9.84 Å². The molecule has 1 aromatic rings. The van der Waals surface area contributed by atoms with E-state index >= 15 is 0 Å². The summed E-state index contributed by atoms with van der Waals surface area (Å²) in [5, 5.41) is 10.7.